The second kappa shape index (κ2) is 46.9. The molecular formula is C60H99N13O22S2. The summed E-state index contributed by atoms with van der Waals surface area (Å²) in [5.74, 6) is -9.34. The first-order valence-corrected chi connectivity index (χ1v) is 34.7. The Morgan fingerprint density at radius 1 is 0.825 bits per heavy atom. The van der Waals surface area contributed by atoms with E-state index in [1.54, 1.807) is 26.8 Å². The van der Waals surface area contributed by atoms with Crippen molar-refractivity contribution in [3.63, 3.8) is 0 Å². The normalized spacial score (nSPS) is 20.8. The van der Waals surface area contributed by atoms with Crippen molar-refractivity contribution in [1.29, 1.82) is 0 Å². The molecule has 548 valence electrons. The number of carbonyl (C=O) groups is 8. The van der Waals surface area contributed by atoms with Crippen molar-refractivity contribution in [3.05, 3.63) is 33.7 Å². The van der Waals surface area contributed by atoms with Crippen LogP contribution >= 0.6 is 11.8 Å². The number of primary amides is 1. The van der Waals surface area contributed by atoms with Gasteiger partial charge in [0.1, 0.15) is 35.7 Å². The number of amides is 8. The Morgan fingerprint density at radius 3 is 1.91 bits per heavy atom. The van der Waals surface area contributed by atoms with Crippen molar-refractivity contribution >= 4 is 81.1 Å². The van der Waals surface area contributed by atoms with Crippen molar-refractivity contribution in [2.45, 2.75) is 113 Å². The van der Waals surface area contributed by atoms with Gasteiger partial charge in [0, 0.05) is 75.6 Å². The van der Waals surface area contributed by atoms with E-state index in [2.05, 4.69) is 46.9 Å². The molecule has 0 aliphatic carbocycles. The zero-order valence-corrected chi connectivity index (χ0v) is 57.2. The highest BCUT2D eigenvalue weighted by Gasteiger charge is 2.45. The van der Waals surface area contributed by atoms with Crippen LogP contribution in [0.2, 0.25) is 0 Å². The van der Waals surface area contributed by atoms with Gasteiger partial charge in [0.25, 0.3) is 0 Å². The highest BCUT2D eigenvalue weighted by molar-refractivity contribution is 7.98. The summed E-state index contributed by atoms with van der Waals surface area (Å²) in [6, 6.07) is -5.74. The Bertz CT molecular complexity index is 2810. The Kier molecular flexibility index (Phi) is 40.3. The van der Waals surface area contributed by atoms with E-state index >= 15 is 4.55 Å². The van der Waals surface area contributed by atoms with Gasteiger partial charge in [-0.1, -0.05) is 32.3 Å². The van der Waals surface area contributed by atoms with Crippen LogP contribution in [0.3, 0.4) is 0 Å². The van der Waals surface area contributed by atoms with E-state index in [0.29, 0.717) is 147 Å². The second-order valence-electron chi connectivity index (χ2n) is 22.8. The number of hydrogen-bond donors (Lipinski definition) is 13. The third-order valence-electron chi connectivity index (χ3n) is 15.4. The number of ether oxygens (including phenoxy) is 9. The van der Waals surface area contributed by atoms with E-state index in [-0.39, 0.29) is 42.5 Å². The van der Waals surface area contributed by atoms with Crippen LogP contribution in [0.4, 0.5) is 0 Å². The lowest BCUT2D eigenvalue weighted by molar-refractivity contribution is -0.144. The van der Waals surface area contributed by atoms with Crippen LogP contribution < -0.4 is 43.4 Å². The molecule has 0 bridgehead atoms. The maximum atomic E-state index is 15.1. The van der Waals surface area contributed by atoms with Crippen molar-refractivity contribution in [3.8, 4) is 5.75 Å². The first kappa shape index (κ1) is 83.2. The fourth-order valence-electron chi connectivity index (χ4n) is 10.0. The molecule has 1 aromatic carbocycles. The first-order chi connectivity index (χ1) is 46.6. The number of aliphatic hydroxyl groups is 3. The molecule has 7 unspecified atom stereocenters. The van der Waals surface area contributed by atoms with Gasteiger partial charge in [-0.25, -0.2) is 0 Å². The summed E-state index contributed by atoms with van der Waals surface area (Å²) in [6.07, 6.45) is -3.76. The molecule has 2 aromatic rings. The molecule has 0 saturated carbocycles. The minimum Gasteiger partial charge on any atom is -0.610 e. The lowest BCUT2D eigenvalue weighted by Crippen LogP contribution is -2.61. The number of hydrogen-bond acceptors (Lipinski definition) is 25. The number of fused-ring (bicyclic) bond motifs is 4. The van der Waals surface area contributed by atoms with Gasteiger partial charge in [0.05, 0.1) is 163 Å². The number of azide groups is 1. The Morgan fingerprint density at radius 2 is 1.38 bits per heavy atom. The minimum absolute atomic E-state index is 0.0178. The summed E-state index contributed by atoms with van der Waals surface area (Å²) >= 11 is -0.940. The predicted octanol–water partition coefficient (Wildman–Crippen LogP) is -3.38. The monoisotopic (exact) mass is 1420 g/mol. The fraction of sp³-hybridized carbons (Fsp3) is 0.733. The van der Waals surface area contributed by atoms with Gasteiger partial charge in [-0.2, -0.15) is 11.8 Å². The SMILES string of the molecule is CC[C@H](C)C(NC(=O)CN)C(=O)NCC(=O)N[C@H]1C[S+]([O-])c2[nH]c3c(CSCCOCCOCCOCCOCCOCCOCCOCCOCCOCCN=[N+]=[N-])c(O)ccc3c2C[C@@H](C)NC(=O)C(C(C)[C@@H](O)CO)NC(=O)C2CC(O)CN2C(=O)C(CC(N)=O)NC1=O. The molecule has 1 fully saturated rings. The third kappa shape index (κ3) is 30.0. The summed E-state index contributed by atoms with van der Waals surface area (Å²) in [7, 11) is 0. The molecule has 1 aromatic heterocycles. The van der Waals surface area contributed by atoms with Gasteiger partial charge < -0.3 is 121 Å². The van der Waals surface area contributed by atoms with E-state index in [0.717, 1.165) is 4.90 Å². The zero-order valence-electron chi connectivity index (χ0n) is 55.5. The molecule has 35 nitrogen and oxygen atoms in total. The van der Waals surface area contributed by atoms with Crippen LogP contribution in [0, 0.1) is 11.8 Å². The molecule has 1 saturated heterocycles. The zero-order chi connectivity index (χ0) is 71.1. The lowest BCUT2D eigenvalue weighted by Gasteiger charge is -2.32. The van der Waals surface area contributed by atoms with Crippen LogP contribution in [0.15, 0.2) is 22.3 Å². The Labute approximate surface area is 570 Å². The molecule has 0 radical (unpaired) electrons. The van der Waals surface area contributed by atoms with Crippen LogP contribution in [0.1, 0.15) is 58.1 Å². The fourth-order valence-corrected chi connectivity index (χ4v) is 12.3. The summed E-state index contributed by atoms with van der Waals surface area (Å²) < 4.78 is 64.7. The predicted molar refractivity (Wildman–Crippen MR) is 352 cm³/mol. The van der Waals surface area contributed by atoms with Crippen LogP contribution in [-0.4, -0.2) is 294 Å². The number of H-pyrrole nitrogens is 1. The smallest absolute Gasteiger partial charge is 0.248 e. The highest BCUT2D eigenvalue weighted by Crippen LogP contribution is 2.36. The number of rotatable bonds is 45. The first-order valence-electron chi connectivity index (χ1n) is 32.2. The van der Waals surface area contributed by atoms with Crippen molar-refractivity contribution in [1.82, 2.24) is 41.8 Å². The highest BCUT2D eigenvalue weighted by atomic mass is 32.2. The summed E-state index contributed by atoms with van der Waals surface area (Å²) in [4.78, 5) is 116. The molecule has 11 atom stereocenters. The molecule has 8 amide bonds. The number of carbonyl (C=O) groups excluding carboxylic acids is 8. The molecular weight excluding hydrogens is 1320 g/mol. The number of benzene rings is 1. The average molecular weight is 1420 g/mol. The molecule has 4 rings (SSSR count). The third-order valence-corrected chi connectivity index (χ3v) is 17.8. The van der Waals surface area contributed by atoms with Crippen LogP contribution in [-0.2, 0) is 104 Å². The maximum absolute atomic E-state index is 15.1. The van der Waals surface area contributed by atoms with E-state index in [1.165, 1.54) is 24.8 Å². The number of nitrogens with one attached hydrogen (secondary N) is 7. The Balaban J connectivity index is 1.39. The number of aliphatic hydroxyl groups excluding tert-OH is 3. The van der Waals surface area contributed by atoms with Crippen molar-refractivity contribution < 1.29 is 106 Å². The summed E-state index contributed by atoms with van der Waals surface area (Å²) in [5.41, 5.74) is 20.3. The number of aromatic hydroxyl groups is 1. The number of aromatic nitrogens is 1. The van der Waals surface area contributed by atoms with E-state index in [1.807, 2.05) is 0 Å². The van der Waals surface area contributed by atoms with Gasteiger partial charge in [-0.15, -0.1) is 0 Å². The van der Waals surface area contributed by atoms with E-state index in [4.69, 9.17) is 59.6 Å². The molecule has 37 heteroatoms. The molecule has 2 aliphatic heterocycles. The molecule has 0 spiro atoms. The van der Waals surface area contributed by atoms with Gasteiger partial charge in [0.2, 0.25) is 52.3 Å². The molecule has 97 heavy (non-hydrogen) atoms. The molecule has 3 heterocycles. The standard InChI is InChI=1S/C60H99N13O22S2/c1-5-37(2)52(69-50(79)31-61)57(83)64-32-51(80)67-45-36-97(86)59-42(28-38(3)66-58(84)53(39(4)48(77)34-74)70-56(82)46-29-40(75)33-73(46)60(85)44(30-49(62)78)68-55(45)81)41-6-7-47(76)43(54(41)71-59)35-96-27-26-95-25-24-94-23-22-93-21-20-92-19-18-91-17-16-90-15-14-89-13-12-88-11-10-87-9-8-65-72-63/h6-7,37-40,44-46,48,52-53,71,74-77H,5,8-36,61H2,1-4H3,(H2,62,78)(H,64,83)(H,66,84)(H,67,80)(H,68,81)(H,69,79)(H,70,82)/t37-,38+,39?,40?,44?,45-,46?,48-,52?,53?,97?/m0/s1. The molecule has 2 aliphatic rings. The van der Waals surface area contributed by atoms with Gasteiger partial charge in [0.15, 0.2) is 6.04 Å². The van der Waals surface area contributed by atoms with Crippen molar-refractivity contribution in [2.24, 2.45) is 28.4 Å². The maximum Gasteiger partial charge on any atom is 0.248 e. The molecule has 15 N–H and O–H groups in total. The quantitative estimate of drug-likeness (QED) is 0.0101. The number of nitrogens with zero attached hydrogens (tertiary/aromatic N) is 4. The van der Waals surface area contributed by atoms with Crippen LogP contribution in [0.5, 0.6) is 5.75 Å². The van der Waals surface area contributed by atoms with Gasteiger partial charge >= 0.3 is 0 Å². The van der Waals surface area contributed by atoms with Gasteiger partial charge in [-0.3, -0.25) is 38.4 Å². The average Bonchev–Trinajstić information content (AvgIpc) is 1.63. The number of thioether (sulfide) groups is 1. The lowest BCUT2D eigenvalue weighted by atomic mass is 9.94. The largest absolute Gasteiger partial charge is 0.610 e. The van der Waals surface area contributed by atoms with Crippen LogP contribution in [0.25, 0.3) is 21.3 Å². The summed E-state index contributed by atoms with van der Waals surface area (Å²) in [5, 5.41) is 62.0. The Hall–Kier alpha value is -6.23. The topological polar surface area (TPSA) is 516 Å². The number of phenols is 1. The minimum atomic E-state index is -2.34. The van der Waals surface area contributed by atoms with E-state index < -0.39 is 157 Å². The number of phenolic OH excluding ortho intramolecular Hbond substituents is 1. The second-order valence-corrected chi connectivity index (χ2v) is 25.3. The van der Waals surface area contributed by atoms with Crippen molar-refractivity contribution in [2.75, 3.05) is 163 Å². The van der Waals surface area contributed by atoms with E-state index in [9.17, 15) is 58.8 Å². The number of aromatic amines is 1. The number of nitrogens with two attached hydrogens (primary N) is 2. The summed E-state index contributed by atoms with van der Waals surface area (Å²) in [6.45, 7) is 11.1. The van der Waals surface area contributed by atoms with Gasteiger partial charge in [-0.05, 0) is 36.9 Å².